The highest BCUT2D eigenvalue weighted by Gasteiger charge is 2.49. The van der Waals surface area contributed by atoms with Crippen molar-refractivity contribution in [3.63, 3.8) is 0 Å². The quantitative estimate of drug-likeness (QED) is 0.491. The summed E-state index contributed by atoms with van der Waals surface area (Å²) in [5.41, 5.74) is 6.64. The highest BCUT2D eigenvalue weighted by molar-refractivity contribution is 5.49. The molecule has 4 heteroatoms. The van der Waals surface area contributed by atoms with Gasteiger partial charge < -0.3 is 14.9 Å². The van der Waals surface area contributed by atoms with Crippen LogP contribution in [0.1, 0.15) is 53.0 Å². The van der Waals surface area contributed by atoms with Crippen molar-refractivity contribution in [2.75, 3.05) is 26.2 Å². The fourth-order valence-corrected chi connectivity index (χ4v) is 6.80. The maximum atomic E-state index is 10.3. The normalized spacial score (nSPS) is 23.4. The Morgan fingerprint density at radius 1 is 0.771 bits per heavy atom. The average molecular weight is 470 g/mol. The number of hydrogen-bond donors (Lipinski definition) is 2. The van der Waals surface area contributed by atoms with E-state index in [-0.39, 0.29) is 5.41 Å². The van der Waals surface area contributed by atoms with Gasteiger partial charge in [0, 0.05) is 6.54 Å². The predicted octanol–water partition coefficient (Wildman–Crippen LogP) is 5.63. The van der Waals surface area contributed by atoms with Crippen LogP contribution in [0.2, 0.25) is 0 Å². The zero-order chi connectivity index (χ0) is 23.8. The molecule has 6 rings (SSSR count). The minimum absolute atomic E-state index is 0.0931. The van der Waals surface area contributed by atoms with Gasteiger partial charge >= 0.3 is 0 Å². The van der Waals surface area contributed by atoms with E-state index in [0.717, 1.165) is 44.6 Å². The SMILES string of the molecule is Oc1ccc2c(c1)C[C@@]1(C2)Cc2ccc(O)cc2[C@H]1Cc1ccc(OCCN2CCCCC2)cc1. The molecule has 3 aromatic carbocycles. The van der Waals surface area contributed by atoms with Gasteiger partial charge in [-0.05, 0) is 127 Å². The summed E-state index contributed by atoms with van der Waals surface area (Å²) >= 11 is 0. The van der Waals surface area contributed by atoms with E-state index < -0.39 is 0 Å². The molecule has 1 saturated heterocycles. The van der Waals surface area contributed by atoms with E-state index in [1.165, 1.54) is 60.2 Å². The van der Waals surface area contributed by atoms with Crippen molar-refractivity contribution < 1.29 is 14.9 Å². The Balaban J connectivity index is 1.18. The van der Waals surface area contributed by atoms with Crippen LogP contribution in [0.15, 0.2) is 60.7 Å². The lowest BCUT2D eigenvalue weighted by atomic mass is 9.71. The first-order chi connectivity index (χ1) is 17.1. The number of ether oxygens (including phenoxy) is 1. The second kappa shape index (κ2) is 9.23. The molecule has 1 aliphatic heterocycles. The topological polar surface area (TPSA) is 52.9 Å². The number of piperidine rings is 1. The molecule has 1 heterocycles. The number of fused-ring (bicyclic) bond motifs is 2. The molecule has 2 atom stereocenters. The van der Waals surface area contributed by atoms with E-state index in [4.69, 9.17) is 4.74 Å². The summed E-state index contributed by atoms with van der Waals surface area (Å²) in [4.78, 5) is 2.50. The van der Waals surface area contributed by atoms with E-state index >= 15 is 0 Å². The fourth-order valence-electron chi connectivity index (χ4n) is 6.80. The van der Waals surface area contributed by atoms with Crippen LogP contribution in [-0.4, -0.2) is 41.4 Å². The molecule has 3 aromatic rings. The fraction of sp³-hybridized carbons (Fsp3) is 0.419. The Morgan fingerprint density at radius 2 is 1.46 bits per heavy atom. The summed E-state index contributed by atoms with van der Waals surface area (Å²) in [5.74, 6) is 1.96. The third-order valence-electron chi connectivity index (χ3n) is 8.55. The van der Waals surface area contributed by atoms with Crippen LogP contribution in [0.25, 0.3) is 0 Å². The minimum atomic E-state index is 0.0931. The smallest absolute Gasteiger partial charge is 0.119 e. The van der Waals surface area contributed by atoms with E-state index in [1.54, 1.807) is 0 Å². The average Bonchev–Trinajstić information content (AvgIpc) is 3.36. The van der Waals surface area contributed by atoms with Gasteiger partial charge in [-0.25, -0.2) is 0 Å². The second-order valence-electron chi connectivity index (χ2n) is 10.9. The molecule has 4 nitrogen and oxygen atoms in total. The van der Waals surface area contributed by atoms with Gasteiger partial charge in [-0.2, -0.15) is 0 Å². The Bertz CT molecular complexity index is 1190. The molecule has 182 valence electrons. The van der Waals surface area contributed by atoms with Crippen LogP contribution in [-0.2, 0) is 25.7 Å². The highest BCUT2D eigenvalue weighted by Crippen LogP contribution is 2.56. The van der Waals surface area contributed by atoms with Gasteiger partial charge in [-0.15, -0.1) is 0 Å². The van der Waals surface area contributed by atoms with Gasteiger partial charge in [-0.1, -0.05) is 30.7 Å². The number of nitrogens with zero attached hydrogens (tertiary/aromatic N) is 1. The monoisotopic (exact) mass is 469 g/mol. The number of aromatic hydroxyl groups is 2. The lowest BCUT2D eigenvalue weighted by Gasteiger charge is -2.32. The minimum Gasteiger partial charge on any atom is -0.508 e. The summed E-state index contributed by atoms with van der Waals surface area (Å²) < 4.78 is 6.05. The van der Waals surface area contributed by atoms with Crippen molar-refractivity contribution in [1.82, 2.24) is 4.90 Å². The molecule has 0 bridgehead atoms. The summed E-state index contributed by atoms with van der Waals surface area (Å²) in [5, 5.41) is 20.3. The zero-order valence-electron chi connectivity index (χ0n) is 20.4. The molecule has 2 aliphatic carbocycles. The predicted molar refractivity (Wildman–Crippen MR) is 138 cm³/mol. The first-order valence-corrected chi connectivity index (χ1v) is 13.1. The van der Waals surface area contributed by atoms with Gasteiger partial charge in [0.1, 0.15) is 23.9 Å². The lowest BCUT2D eigenvalue weighted by molar-refractivity contribution is 0.183. The van der Waals surface area contributed by atoms with Crippen molar-refractivity contribution in [3.8, 4) is 17.2 Å². The number of hydrogen-bond acceptors (Lipinski definition) is 4. The summed E-state index contributed by atoms with van der Waals surface area (Å²) in [7, 11) is 0. The molecule has 0 aromatic heterocycles. The number of phenolic OH excluding ortho intramolecular Hbond substituents is 2. The van der Waals surface area contributed by atoms with E-state index in [9.17, 15) is 10.2 Å². The molecular weight excluding hydrogens is 434 g/mol. The Hall–Kier alpha value is -2.98. The standard InChI is InChI=1S/C31H35NO3/c33-26-8-6-23-19-31(21-25(23)17-26)20-24-7-9-27(34)18-29(24)30(31)16-22-4-10-28(11-5-22)35-15-14-32-12-2-1-3-13-32/h4-11,17-18,30,33-34H,1-3,12-16,19-21H2/t30-,31-/m1/s1. The van der Waals surface area contributed by atoms with E-state index in [1.807, 2.05) is 24.3 Å². The molecule has 35 heavy (non-hydrogen) atoms. The Morgan fingerprint density at radius 3 is 2.26 bits per heavy atom. The van der Waals surface area contributed by atoms with Gasteiger partial charge in [0.2, 0.25) is 0 Å². The molecule has 2 N–H and O–H groups in total. The van der Waals surface area contributed by atoms with Crippen molar-refractivity contribution in [2.45, 2.75) is 50.9 Å². The third kappa shape index (κ3) is 4.52. The molecular formula is C31H35NO3. The molecule has 3 aliphatic rings. The van der Waals surface area contributed by atoms with Gasteiger partial charge in [0.05, 0.1) is 0 Å². The van der Waals surface area contributed by atoms with Crippen LogP contribution in [0.4, 0.5) is 0 Å². The van der Waals surface area contributed by atoms with Crippen molar-refractivity contribution >= 4 is 0 Å². The van der Waals surface area contributed by atoms with Crippen LogP contribution in [0.3, 0.4) is 0 Å². The Labute approximate surface area is 208 Å². The Kier molecular flexibility index (Phi) is 5.93. The van der Waals surface area contributed by atoms with Crippen LogP contribution in [0, 0.1) is 5.41 Å². The number of phenols is 2. The van der Waals surface area contributed by atoms with E-state index in [0.29, 0.717) is 17.4 Å². The summed E-state index contributed by atoms with van der Waals surface area (Å²) in [6.07, 6.45) is 7.91. The maximum absolute atomic E-state index is 10.3. The molecule has 1 fully saturated rings. The van der Waals surface area contributed by atoms with E-state index in [2.05, 4.69) is 41.3 Å². The second-order valence-corrected chi connectivity index (χ2v) is 10.9. The largest absolute Gasteiger partial charge is 0.508 e. The van der Waals surface area contributed by atoms with Gasteiger partial charge in [-0.3, -0.25) is 4.90 Å². The van der Waals surface area contributed by atoms with Gasteiger partial charge in [0.25, 0.3) is 0 Å². The number of benzene rings is 3. The van der Waals surface area contributed by atoms with Crippen molar-refractivity contribution in [2.24, 2.45) is 5.41 Å². The number of likely N-dealkylation sites (tertiary alicyclic amines) is 1. The molecule has 0 unspecified atom stereocenters. The zero-order valence-corrected chi connectivity index (χ0v) is 20.4. The third-order valence-corrected chi connectivity index (χ3v) is 8.55. The van der Waals surface area contributed by atoms with Crippen molar-refractivity contribution in [1.29, 1.82) is 0 Å². The summed E-state index contributed by atoms with van der Waals surface area (Å²) in [6, 6.07) is 20.4. The molecule has 0 saturated carbocycles. The lowest BCUT2D eigenvalue weighted by Crippen LogP contribution is -2.33. The van der Waals surface area contributed by atoms with Crippen molar-refractivity contribution in [3.05, 3.63) is 88.5 Å². The maximum Gasteiger partial charge on any atom is 0.119 e. The first-order valence-electron chi connectivity index (χ1n) is 13.1. The highest BCUT2D eigenvalue weighted by atomic mass is 16.5. The molecule has 0 amide bonds. The molecule has 0 radical (unpaired) electrons. The van der Waals surface area contributed by atoms with Gasteiger partial charge in [0.15, 0.2) is 0 Å². The number of rotatable bonds is 6. The van der Waals surface area contributed by atoms with Crippen LogP contribution in [0.5, 0.6) is 17.2 Å². The van der Waals surface area contributed by atoms with Crippen LogP contribution >= 0.6 is 0 Å². The van der Waals surface area contributed by atoms with Crippen LogP contribution < -0.4 is 4.74 Å². The molecule has 1 spiro atoms. The first kappa shape index (κ1) is 22.5. The summed E-state index contributed by atoms with van der Waals surface area (Å²) in [6.45, 7) is 4.14.